The zero-order chi connectivity index (χ0) is 23.2. The number of benzene rings is 2. The molecular formula is C25H21ClN6OS. The van der Waals surface area contributed by atoms with Gasteiger partial charge in [0, 0.05) is 41.6 Å². The Hall–Kier alpha value is -3.49. The molecule has 0 unspecified atom stereocenters. The van der Waals surface area contributed by atoms with E-state index in [2.05, 4.69) is 22.0 Å². The monoisotopic (exact) mass is 488 g/mol. The minimum absolute atomic E-state index is 0.0203. The van der Waals surface area contributed by atoms with Crippen LogP contribution in [0.2, 0.25) is 5.02 Å². The number of halogens is 1. The first-order valence-electron chi connectivity index (χ1n) is 11.1. The second-order valence-corrected chi connectivity index (χ2v) is 9.78. The quantitative estimate of drug-likeness (QED) is 0.357. The van der Waals surface area contributed by atoms with Gasteiger partial charge in [-0.05, 0) is 36.6 Å². The first-order valence-corrected chi connectivity index (χ1v) is 12.3. The Morgan fingerprint density at radius 3 is 2.68 bits per heavy atom. The van der Waals surface area contributed by atoms with Gasteiger partial charge in [-0.25, -0.2) is 9.38 Å². The SMILES string of the molecule is C[C@H]1CN(c2nc3cc(Cl)ccc3c3nnc(-c4ccccc4)n23)CCN1C(=O)c1cccs1. The third-order valence-corrected chi connectivity index (χ3v) is 7.31. The van der Waals surface area contributed by atoms with Crippen LogP contribution in [-0.4, -0.2) is 56.1 Å². The highest BCUT2D eigenvalue weighted by molar-refractivity contribution is 7.12. The number of carbonyl (C=O) groups excluding carboxylic acids is 1. The molecule has 0 aliphatic carbocycles. The number of carbonyl (C=O) groups is 1. The number of anilines is 1. The largest absolute Gasteiger partial charge is 0.338 e. The zero-order valence-corrected chi connectivity index (χ0v) is 20.0. The highest BCUT2D eigenvalue weighted by Crippen LogP contribution is 2.31. The molecular weight excluding hydrogens is 468 g/mol. The molecule has 5 aromatic rings. The molecule has 2 aromatic carbocycles. The third kappa shape index (κ3) is 3.50. The van der Waals surface area contributed by atoms with Gasteiger partial charge in [-0.2, -0.15) is 0 Å². The number of hydrogen-bond acceptors (Lipinski definition) is 6. The molecule has 1 aliphatic rings. The first-order chi connectivity index (χ1) is 16.6. The minimum atomic E-state index is 0.0203. The Morgan fingerprint density at radius 2 is 1.91 bits per heavy atom. The van der Waals surface area contributed by atoms with Gasteiger partial charge in [0.25, 0.3) is 5.91 Å². The van der Waals surface area contributed by atoms with Crippen LogP contribution in [-0.2, 0) is 0 Å². The predicted molar refractivity (Wildman–Crippen MR) is 136 cm³/mol. The highest BCUT2D eigenvalue weighted by Gasteiger charge is 2.31. The van der Waals surface area contributed by atoms with E-state index in [9.17, 15) is 4.79 Å². The summed E-state index contributed by atoms with van der Waals surface area (Å²) in [6.45, 7) is 3.99. The second-order valence-electron chi connectivity index (χ2n) is 8.39. The smallest absolute Gasteiger partial charge is 0.264 e. The summed E-state index contributed by atoms with van der Waals surface area (Å²) in [6.07, 6.45) is 0. The molecule has 1 saturated heterocycles. The number of aromatic nitrogens is 4. The van der Waals surface area contributed by atoms with Gasteiger partial charge in [0.15, 0.2) is 11.5 Å². The fourth-order valence-electron chi connectivity index (χ4n) is 4.56. The van der Waals surface area contributed by atoms with E-state index in [1.54, 1.807) is 0 Å². The van der Waals surface area contributed by atoms with Gasteiger partial charge in [0.1, 0.15) is 0 Å². The van der Waals surface area contributed by atoms with Crippen molar-refractivity contribution in [2.75, 3.05) is 24.5 Å². The van der Waals surface area contributed by atoms with E-state index in [-0.39, 0.29) is 11.9 Å². The van der Waals surface area contributed by atoms with E-state index in [1.807, 2.05) is 75.3 Å². The average molecular weight is 489 g/mol. The van der Waals surface area contributed by atoms with Crippen LogP contribution in [0.1, 0.15) is 16.6 Å². The van der Waals surface area contributed by atoms with Crippen molar-refractivity contribution in [3.05, 3.63) is 75.9 Å². The van der Waals surface area contributed by atoms with Crippen molar-refractivity contribution in [3.63, 3.8) is 0 Å². The summed E-state index contributed by atoms with van der Waals surface area (Å²) in [4.78, 5) is 23.0. The molecule has 0 bridgehead atoms. The summed E-state index contributed by atoms with van der Waals surface area (Å²) in [7, 11) is 0. The van der Waals surface area contributed by atoms with Crippen molar-refractivity contribution in [2.24, 2.45) is 0 Å². The number of fused-ring (bicyclic) bond motifs is 3. The van der Waals surface area contributed by atoms with E-state index in [1.165, 1.54) is 11.3 Å². The Labute approximate surface area is 205 Å². The first kappa shape index (κ1) is 21.1. The number of nitrogens with zero attached hydrogens (tertiary/aromatic N) is 6. The molecule has 1 fully saturated rings. The van der Waals surface area contributed by atoms with Gasteiger partial charge in [0.05, 0.1) is 10.4 Å². The van der Waals surface area contributed by atoms with Crippen LogP contribution >= 0.6 is 22.9 Å². The summed E-state index contributed by atoms with van der Waals surface area (Å²) in [6, 6.07) is 19.5. The summed E-state index contributed by atoms with van der Waals surface area (Å²) < 4.78 is 2.02. The van der Waals surface area contributed by atoms with E-state index < -0.39 is 0 Å². The molecule has 1 aliphatic heterocycles. The summed E-state index contributed by atoms with van der Waals surface area (Å²) in [5, 5.41) is 12.5. The topological polar surface area (TPSA) is 66.6 Å². The normalized spacial score (nSPS) is 16.5. The van der Waals surface area contributed by atoms with Gasteiger partial charge in [-0.1, -0.05) is 48.0 Å². The molecule has 0 saturated carbocycles. The van der Waals surface area contributed by atoms with Gasteiger partial charge >= 0.3 is 0 Å². The lowest BCUT2D eigenvalue weighted by Crippen LogP contribution is -2.54. The second kappa shape index (κ2) is 8.38. The van der Waals surface area contributed by atoms with Gasteiger partial charge < -0.3 is 9.80 Å². The van der Waals surface area contributed by atoms with Gasteiger partial charge in [0.2, 0.25) is 5.95 Å². The third-order valence-electron chi connectivity index (χ3n) is 6.22. The van der Waals surface area contributed by atoms with Crippen LogP contribution in [0, 0.1) is 0 Å². The molecule has 7 nitrogen and oxygen atoms in total. The van der Waals surface area contributed by atoms with Crippen LogP contribution in [0.4, 0.5) is 5.95 Å². The van der Waals surface area contributed by atoms with Crippen molar-refractivity contribution in [3.8, 4) is 11.4 Å². The molecule has 6 rings (SSSR count). The van der Waals surface area contributed by atoms with Crippen LogP contribution in [0.3, 0.4) is 0 Å². The highest BCUT2D eigenvalue weighted by atomic mass is 35.5. The van der Waals surface area contributed by atoms with Crippen LogP contribution in [0.25, 0.3) is 27.9 Å². The van der Waals surface area contributed by atoms with Crippen molar-refractivity contribution >= 4 is 51.3 Å². The Morgan fingerprint density at radius 1 is 1.06 bits per heavy atom. The van der Waals surface area contributed by atoms with Crippen molar-refractivity contribution in [2.45, 2.75) is 13.0 Å². The lowest BCUT2D eigenvalue weighted by Gasteiger charge is -2.40. The molecule has 4 heterocycles. The lowest BCUT2D eigenvalue weighted by atomic mass is 10.1. The molecule has 9 heteroatoms. The van der Waals surface area contributed by atoms with E-state index in [0.717, 1.165) is 38.8 Å². The molecule has 1 atom stereocenters. The Bertz CT molecular complexity index is 1500. The number of hydrogen-bond donors (Lipinski definition) is 0. The van der Waals surface area contributed by atoms with Crippen LogP contribution in [0.15, 0.2) is 66.0 Å². The fourth-order valence-corrected chi connectivity index (χ4v) is 5.41. The van der Waals surface area contributed by atoms with Crippen molar-refractivity contribution in [1.82, 2.24) is 24.5 Å². The molecule has 0 radical (unpaired) electrons. The molecule has 3 aromatic heterocycles. The number of rotatable bonds is 3. The molecule has 0 N–H and O–H groups in total. The maximum atomic E-state index is 13.0. The number of amides is 1. The van der Waals surface area contributed by atoms with E-state index >= 15 is 0 Å². The maximum absolute atomic E-state index is 13.0. The predicted octanol–water partition coefficient (Wildman–Crippen LogP) is 5.01. The standard InChI is InChI=1S/C25H21ClN6OS/c1-16-15-30(11-12-31(16)24(33)21-8-5-13-34-21)25-27-20-14-18(26)9-10-19(20)23-29-28-22(32(23)25)17-6-3-2-4-7-17/h2-10,13-14,16H,11-12,15H2,1H3/t16-/m0/s1. The number of thiophene rings is 1. The molecule has 170 valence electrons. The fraction of sp³-hybridized carbons (Fsp3) is 0.200. The minimum Gasteiger partial charge on any atom is -0.338 e. The number of piperazine rings is 1. The van der Waals surface area contributed by atoms with Crippen molar-refractivity contribution in [1.29, 1.82) is 0 Å². The molecule has 0 spiro atoms. The average Bonchev–Trinajstić information content (AvgIpc) is 3.54. The van der Waals surface area contributed by atoms with Crippen LogP contribution in [0.5, 0.6) is 0 Å². The summed E-state index contributed by atoms with van der Waals surface area (Å²) in [5.41, 5.74) is 2.47. The van der Waals surface area contributed by atoms with E-state index in [0.29, 0.717) is 24.7 Å². The van der Waals surface area contributed by atoms with Crippen molar-refractivity contribution < 1.29 is 4.79 Å². The Balaban J connectivity index is 1.45. The lowest BCUT2D eigenvalue weighted by molar-refractivity contribution is 0.0678. The summed E-state index contributed by atoms with van der Waals surface area (Å²) >= 11 is 7.77. The molecule has 1 amide bonds. The zero-order valence-electron chi connectivity index (χ0n) is 18.4. The maximum Gasteiger partial charge on any atom is 0.264 e. The van der Waals surface area contributed by atoms with Gasteiger partial charge in [-0.3, -0.25) is 4.79 Å². The van der Waals surface area contributed by atoms with Gasteiger partial charge in [-0.15, -0.1) is 21.5 Å². The summed E-state index contributed by atoms with van der Waals surface area (Å²) in [5.74, 6) is 1.57. The Kier molecular flexibility index (Phi) is 5.19. The van der Waals surface area contributed by atoms with Crippen LogP contribution < -0.4 is 4.90 Å². The molecule has 34 heavy (non-hydrogen) atoms. The van der Waals surface area contributed by atoms with E-state index in [4.69, 9.17) is 16.6 Å².